The summed E-state index contributed by atoms with van der Waals surface area (Å²) in [5, 5.41) is 0. The Labute approximate surface area is 268 Å². The fraction of sp³-hybridized carbons (Fsp3) is 0.205. The van der Waals surface area contributed by atoms with Gasteiger partial charge in [0, 0.05) is 17.5 Å². The minimum absolute atomic E-state index is 0.989. The highest BCUT2D eigenvalue weighted by molar-refractivity contribution is 5.82. The molecule has 1 heterocycles. The lowest BCUT2D eigenvalue weighted by molar-refractivity contribution is 0.798. The van der Waals surface area contributed by atoms with E-state index in [1.807, 2.05) is 6.20 Å². The van der Waals surface area contributed by atoms with Crippen LogP contribution in [-0.2, 0) is 32.1 Å². The van der Waals surface area contributed by atoms with Crippen LogP contribution in [0.2, 0.25) is 0 Å². The smallest absolute Gasteiger partial charge is 0.0404 e. The van der Waals surface area contributed by atoms with Crippen LogP contribution in [-0.4, -0.2) is 4.98 Å². The van der Waals surface area contributed by atoms with Crippen molar-refractivity contribution in [3.8, 4) is 44.5 Å². The third-order valence-corrected chi connectivity index (χ3v) is 9.57. The molecule has 0 bridgehead atoms. The van der Waals surface area contributed by atoms with Crippen LogP contribution in [0.3, 0.4) is 0 Å². The van der Waals surface area contributed by atoms with E-state index in [1.54, 1.807) is 0 Å². The third-order valence-electron chi connectivity index (χ3n) is 9.57. The summed E-state index contributed by atoms with van der Waals surface area (Å²) in [7, 11) is 0. The highest BCUT2D eigenvalue weighted by Gasteiger charge is 2.18. The largest absolute Gasteiger partial charge is 0.261 e. The molecule has 0 radical (unpaired) electrons. The van der Waals surface area contributed by atoms with E-state index in [1.165, 1.54) is 83.6 Å². The Morgan fingerprint density at radius 1 is 0.556 bits per heavy atom. The Morgan fingerprint density at radius 3 is 2.04 bits per heavy atom. The van der Waals surface area contributed by atoms with Crippen molar-refractivity contribution < 1.29 is 0 Å². The van der Waals surface area contributed by atoms with Crippen molar-refractivity contribution in [3.63, 3.8) is 0 Å². The van der Waals surface area contributed by atoms with E-state index >= 15 is 0 Å². The van der Waals surface area contributed by atoms with Gasteiger partial charge in [0.2, 0.25) is 0 Å². The van der Waals surface area contributed by atoms with Gasteiger partial charge in [-0.2, -0.15) is 0 Å². The lowest BCUT2D eigenvalue weighted by atomic mass is 9.82. The zero-order valence-electron chi connectivity index (χ0n) is 26.7. The number of hydrogen-bond acceptors (Lipinski definition) is 1. The third kappa shape index (κ3) is 6.13. The summed E-state index contributed by atoms with van der Waals surface area (Å²) in [5.74, 6) is 0. The molecule has 45 heavy (non-hydrogen) atoms. The molecule has 0 aliphatic heterocycles. The van der Waals surface area contributed by atoms with Crippen molar-refractivity contribution in [3.05, 3.63) is 161 Å². The molecular formula is C44H41N. The zero-order chi connectivity index (χ0) is 30.8. The van der Waals surface area contributed by atoms with Gasteiger partial charge in [-0.3, -0.25) is 4.98 Å². The second kappa shape index (κ2) is 12.7. The molecule has 6 aromatic rings. The van der Waals surface area contributed by atoms with E-state index in [0.717, 1.165) is 38.5 Å². The molecular weight excluding hydrogens is 542 g/mol. The summed E-state index contributed by atoms with van der Waals surface area (Å²) in [6.45, 7) is 6.61. The molecule has 0 N–H and O–H groups in total. The Balaban J connectivity index is 1.10. The first kappa shape index (κ1) is 29.0. The van der Waals surface area contributed by atoms with Gasteiger partial charge in [0.05, 0.1) is 0 Å². The van der Waals surface area contributed by atoms with Crippen LogP contribution < -0.4 is 0 Å². The zero-order valence-corrected chi connectivity index (χ0v) is 26.7. The van der Waals surface area contributed by atoms with Crippen molar-refractivity contribution in [2.75, 3.05) is 0 Å². The highest BCUT2D eigenvalue weighted by Crippen LogP contribution is 2.38. The summed E-state index contributed by atoms with van der Waals surface area (Å²) in [6.07, 6.45) is 8.42. The van der Waals surface area contributed by atoms with Crippen LogP contribution in [0.1, 0.15) is 52.4 Å². The molecule has 0 amide bonds. The van der Waals surface area contributed by atoms with E-state index in [-0.39, 0.29) is 0 Å². The van der Waals surface area contributed by atoms with Crippen molar-refractivity contribution in [1.29, 1.82) is 0 Å². The highest BCUT2D eigenvalue weighted by atomic mass is 14.7. The standard InChI is InChI=1S/C44H41N/c1-4-33-11-5-6-14-41(33)42-27-37(17-15-31(42)3)38-22-21-35-20-19-34-18-16-32(26-43(34)44(35)28-38)10-8-13-40-24-23-39(29-45-40)36-12-7-9-30(2)25-36/h5-7,9,11-12,14-18,21-29H,4,8,10,13,19-20H2,1-3H3. The Kier molecular flexibility index (Phi) is 8.18. The number of hydrogen-bond donors (Lipinski definition) is 0. The van der Waals surface area contributed by atoms with Crippen LogP contribution in [0.4, 0.5) is 0 Å². The molecule has 0 unspecified atom stereocenters. The normalized spacial score (nSPS) is 12.1. The molecule has 1 heteroatoms. The molecule has 1 aromatic heterocycles. The molecule has 0 spiro atoms. The second-order valence-corrected chi connectivity index (χ2v) is 12.7. The molecule has 0 saturated heterocycles. The number of pyridine rings is 1. The minimum atomic E-state index is 0.989. The number of benzene rings is 5. The molecule has 1 nitrogen and oxygen atoms in total. The number of aryl methyl sites for hydroxylation is 7. The fourth-order valence-corrected chi connectivity index (χ4v) is 6.97. The maximum Gasteiger partial charge on any atom is 0.0404 e. The lowest BCUT2D eigenvalue weighted by Crippen LogP contribution is -2.05. The predicted octanol–water partition coefficient (Wildman–Crippen LogP) is 11.2. The van der Waals surface area contributed by atoms with Crippen LogP contribution in [0.15, 0.2) is 121 Å². The van der Waals surface area contributed by atoms with E-state index in [0.29, 0.717) is 0 Å². The number of aromatic nitrogens is 1. The fourth-order valence-electron chi connectivity index (χ4n) is 6.97. The first-order valence-electron chi connectivity index (χ1n) is 16.5. The van der Waals surface area contributed by atoms with Crippen molar-refractivity contribution >= 4 is 0 Å². The Hall–Kier alpha value is -4.75. The monoisotopic (exact) mass is 583 g/mol. The molecule has 0 atom stereocenters. The molecule has 1 aliphatic rings. The van der Waals surface area contributed by atoms with Crippen LogP contribution in [0.25, 0.3) is 44.5 Å². The van der Waals surface area contributed by atoms with Crippen molar-refractivity contribution in [2.45, 2.75) is 59.3 Å². The van der Waals surface area contributed by atoms with Gasteiger partial charge in [-0.05, 0) is 137 Å². The summed E-state index contributed by atoms with van der Waals surface area (Å²) >= 11 is 0. The van der Waals surface area contributed by atoms with E-state index < -0.39 is 0 Å². The topological polar surface area (TPSA) is 12.9 Å². The van der Waals surface area contributed by atoms with E-state index in [4.69, 9.17) is 4.98 Å². The van der Waals surface area contributed by atoms with Gasteiger partial charge < -0.3 is 0 Å². The molecule has 0 saturated carbocycles. The number of fused-ring (bicyclic) bond motifs is 3. The molecule has 5 aromatic carbocycles. The second-order valence-electron chi connectivity index (χ2n) is 12.7. The maximum absolute atomic E-state index is 4.79. The van der Waals surface area contributed by atoms with Gasteiger partial charge in [0.15, 0.2) is 0 Å². The molecule has 0 fully saturated rings. The average Bonchev–Trinajstić information content (AvgIpc) is 3.08. The Bertz CT molecular complexity index is 1980. The predicted molar refractivity (Wildman–Crippen MR) is 191 cm³/mol. The van der Waals surface area contributed by atoms with Gasteiger partial charge in [-0.1, -0.05) is 110 Å². The SMILES string of the molecule is CCc1ccccc1-c1cc(-c2ccc3c(c2)-c2cc(CCCc4ccc(-c5cccc(C)c5)cn4)ccc2CC3)ccc1C. The lowest BCUT2D eigenvalue weighted by Gasteiger charge is -2.22. The van der Waals surface area contributed by atoms with E-state index in [2.05, 4.69) is 136 Å². The van der Waals surface area contributed by atoms with Gasteiger partial charge in [0.25, 0.3) is 0 Å². The van der Waals surface area contributed by atoms with Gasteiger partial charge >= 0.3 is 0 Å². The quantitative estimate of drug-likeness (QED) is 0.174. The molecule has 7 rings (SSSR count). The van der Waals surface area contributed by atoms with Crippen molar-refractivity contribution in [2.24, 2.45) is 0 Å². The van der Waals surface area contributed by atoms with Gasteiger partial charge in [-0.15, -0.1) is 0 Å². The number of nitrogens with zero attached hydrogens (tertiary/aromatic N) is 1. The van der Waals surface area contributed by atoms with E-state index in [9.17, 15) is 0 Å². The van der Waals surface area contributed by atoms with Crippen LogP contribution in [0.5, 0.6) is 0 Å². The molecule has 1 aliphatic carbocycles. The Morgan fingerprint density at radius 2 is 1.27 bits per heavy atom. The van der Waals surface area contributed by atoms with Gasteiger partial charge in [0.1, 0.15) is 0 Å². The van der Waals surface area contributed by atoms with Gasteiger partial charge in [-0.25, -0.2) is 0 Å². The van der Waals surface area contributed by atoms with Crippen LogP contribution >= 0.6 is 0 Å². The van der Waals surface area contributed by atoms with Crippen molar-refractivity contribution in [1.82, 2.24) is 4.98 Å². The maximum atomic E-state index is 4.79. The summed E-state index contributed by atoms with van der Waals surface area (Å²) in [6, 6.07) is 43.2. The number of rotatable bonds is 8. The summed E-state index contributed by atoms with van der Waals surface area (Å²) < 4.78 is 0. The molecule has 222 valence electrons. The minimum Gasteiger partial charge on any atom is -0.261 e. The van der Waals surface area contributed by atoms with Crippen LogP contribution in [0, 0.1) is 13.8 Å². The summed E-state index contributed by atoms with van der Waals surface area (Å²) in [5.41, 5.74) is 20.0. The summed E-state index contributed by atoms with van der Waals surface area (Å²) in [4.78, 5) is 4.79. The first-order chi connectivity index (χ1) is 22.1. The average molecular weight is 584 g/mol. The first-order valence-corrected chi connectivity index (χ1v) is 16.5.